The summed E-state index contributed by atoms with van der Waals surface area (Å²) in [5, 5.41) is 1.55. The molecular formula is C38H36O9. The molecule has 0 amide bonds. The summed E-state index contributed by atoms with van der Waals surface area (Å²) in [6.45, 7) is 12.8. The zero-order valence-corrected chi connectivity index (χ0v) is 26.6. The molecule has 0 saturated carbocycles. The second kappa shape index (κ2) is 16.0. The molecule has 0 atom stereocenters. The minimum Gasteiger partial charge on any atom is -0.493 e. The monoisotopic (exact) mass is 636 g/mol. The zero-order chi connectivity index (χ0) is 33.9. The molecule has 0 saturated heterocycles. The van der Waals surface area contributed by atoms with E-state index in [4.69, 9.17) is 23.7 Å². The van der Waals surface area contributed by atoms with Gasteiger partial charge in [-0.05, 0) is 103 Å². The lowest BCUT2D eigenvalue weighted by molar-refractivity contribution is -0.139. The summed E-state index contributed by atoms with van der Waals surface area (Å²) >= 11 is 0. The Morgan fingerprint density at radius 3 is 1.91 bits per heavy atom. The van der Waals surface area contributed by atoms with Gasteiger partial charge in [-0.1, -0.05) is 38.6 Å². The van der Waals surface area contributed by atoms with Crippen LogP contribution in [-0.4, -0.2) is 37.1 Å². The molecule has 4 rings (SSSR count). The van der Waals surface area contributed by atoms with E-state index in [2.05, 4.69) is 13.2 Å². The topological polar surface area (TPSA) is 114 Å². The van der Waals surface area contributed by atoms with Crippen molar-refractivity contribution in [2.45, 2.75) is 40.0 Å². The van der Waals surface area contributed by atoms with Crippen LogP contribution < -0.4 is 18.9 Å². The minimum absolute atomic E-state index is 0.218. The Kier molecular flexibility index (Phi) is 11.7. The number of carbonyl (C=O) groups is 4. The maximum atomic E-state index is 13.1. The molecular weight excluding hydrogens is 600 g/mol. The molecule has 242 valence electrons. The van der Waals surface area contributed by atoms with Crippen LogP contribution in [0.3, 0.4) is 0 Å². The van der Waals surface area contributed by atoms with Gasteiger partial charge in [-0.25, -0.2) is 19.2 Å². The Morgan fingerprint density at radius 1 is 0.617 bits per heavy atom. The van der Waals surface area contributed by atoms with Gasteiger partial charge in [-0.2, -0.15) is 0 Å². The first kappa shape index (κ1) is 34.2. The van der Waals surface area contributed by atoms with Gasteiger partial charge >= 0.3 is 23.9 Å². The number of rotatable bonds is 14. The molecule has 0 heterocycles. The molecule has 0 radical (unpaired) electrons. The number of carbonyl (C=O) groups excluding carboxylic acids is 4. The summed E-state index contributed by atoms with van der Waals surface area (Å²) in [7, 11) is 0. The number of fused-ring (bicyclic) bond motifs is 1. The summed E-state index contributed by atoms with van der Waals surface area (Å²) < 4.78 is 27.3. The lowest BCUT2D eigenvalue weighted by Crippen LogP contribution is -2.11. The SMILES string of the molecule is C=C(C)C(=O)OCCCOc1ccc(C(=O)Oc2ccc(OC(=O)c3ccc4cc(OC(=O)C(=C)C)ccc4c3)c(CCC)c2)cc1. The second-order valence-electron chi connectivity index (χ2n) is 10.8. The van der Waals surface area contributed by atoms with Gasteiger partial charge in [0.1, 0.15) is 23.0 Å². The van der Waals surface area contributed by atoms with Crippen molar-refractivity contribution in [3.05, 3.63) is 120 Å². The standard InChI is InChI=1S/C38H36O9/c1-6-8-29-23-33(46-37(41)26-11-14-31(15-12-26)43-19-7-20-44-35(39)24(2)3)17-18-34(29)47-38(42)30-10-9-28-22-32(16-13-27(28)21-30)45-36(40)25(4)5/h9-18,21-23H,2,4,6-8,19-20H2,1,3,5H3. The molecule has 0 aliphatic heterocycles. The highest BCUT2D eigenvalue weighted by atomic mass is 16.5. The second-order valence-corrected chi connectivity index (χ2v) is 10.8. The lowest BCUT2D eigenvalue weighted by Gasteiger charge is -2.13. The summed E-state index contributed by atoms with van der Waals surface area (Å²) in [5.74, 6) is -0.415. The van der Waals surface area contributed by atoms with E-state index in [-0.39, 0.29) is 6.61 Å². The van der Waals surface area contributed by atoms with Crippen LogP contribution in [0.25, 0.3) is 10.8 Å². The van der Waals surface area contributed by atoms with Crippen molar-refractivity contribution in [3.63, 3.8) is 0 Å². The Hall–Kier alpha value is -5.70. The molecule has 0 aliphatic rings. The zero-order valence-electron chi connectivity index (χ0n) is 26.6. The predicted octanol–water partition coefficient (Wildman–Crippen LogP) is 7.60. The maximum absolute atomic E-state index is 13.1. The Balaban J connectivity index is 1.36. The number of hydrogen-bond donors (Lipinski definition) is 0. The highest BCUT2D eigenvalue weighted by Gasteiger charge is 2.16. The molecule has 0 fully saturated rings. The van der Waals surface area contributed by atoms with Gasteiger partial charge in [0.15, 0.2) is 0 Å². The van der Waals surface area contributed by atoms with Gasteiger partial charge in [0.05, 0.1) is 24.3 Å². The first-order valence-corrected chi connectivity index (χ1v) is 15.1. The van der Waals surface area contributed by atoms with Crippen LogP contribution in [0.15, 0.2) is 103 Å². The number of esters is 4. The van der Waals surface area contributed by atoms with Crippen molar-refractivity contribution >= 4 is 34.6 Å². The molecule has 0 aliphatic carbocycles. The highest BCUT2D eigenvalue weighted by molar-refractivity contribution is 5.97. The third-order valence-electron chi connectivity index (χ3n) is 6.80. The summed E-state index contributed by atoms with van der Waals surface area (Å²) in [5.41, 5.74) is 2.03. The third-order valence-corrected chi connectivity index (χ3v) is 6.80. The largest absolute Gasteiger partial charge is 0.493 e. The van der Waals surface area contributed by atoms with E-state index < -0.39 is 23.9 Å². The quantitative estimate of drug-likeness (QED) is 0.0597. The Bertz CT molecular complexity index is 1820. The van der Waals surface area contributed by atoms with Crippen molar-refractivity contribution in [1.82, 2.24) is 0 Å². The van der Waals surface area contributed by atoms with E-state index in [1.807, 2.05) is 6.92 Å². The molecule has 0 spiro atoms. The smallest absolute Gasteiger partial charge is 0.343 e. The van der Waals surface area contributed by atoms with Crippen LogP contribution in [0.1, 0.15) is 59.9 Å². The van der Waals surface area contributed by atoms with Crippen LogP contribution in [0.5, 0.6) is 23.0 Å². The van der Waals surface area contributed by atoms with E-state index in [1.54, 1.807) is 92.7 Å². The van der Waals surface area contributed by atoms with Crippen molar-refractivity contribution < 1.29 is 42.9 Å². The average molecular weight is 637 g/mol. The molecule has 0 N–H and O–H groups in total. The first-order chi connectivity index (χ1) is 22.5. The van der Waals surface area contributed by atoms with Crippen LogP contribution in [0.4, 0.5) is 0 Å². The Morgan fingerprint density at radius 2 is 1.21 bits per heavy atom. The van der Waals surface area contributed by atoms with E-state index in [0.717, 1.165) is 17.2 Å². The van der Waals surface area contributed by atoms with Crippen LogP contribution in [0, 0.1) is 0 Å². The molecule has 4 aromatic carbocycles. The van der Waals surface area contributed by atoms with Gasteiger partial charge in [-0.15, -0.1) is 0 Å². The van der Waals surface area contributed by atoms with Gasteiger partial charge < -0.3 is 23.7 Å². The fraction of sp³-hybridized carbons (Fsp3) is 0.211. The van der Waals surface area contributed by atoms with Crippen molar-refractivity contribution in [1.29, 1.82) is 0 Å². The summed E-state index contributed by atoms with van der Waals surface area (Å²) in [4.78, 5) is 49.2. The molecule has 9 nitrogen and oxygen atoms in total. The minimum atomic E-state index is -0.552. The first-order valence-electron chi connectivity index (χ1n) is 15.1. The number of hydrogen-bond acceptors (Lipinski definition) is 9. The van der Waals surface area contributed by atoms with Crippen molar-refractivity contribution in [2.24, 2.45) is 0 Å². The fourth-order valence-electron chi connectivity index (χ4n) is 4.34. The average Bonchev–Trinajstić information content (AvgIpc) is 3.05. The van der Waals surface area contributed by atoms with Crippen LogP contribution in [0.2, 0.25) is 0 Å². The fourth-order valence-corrected chi connectivity index (χ4v) is 4.34. The van der Waals surface area contributed by atoms with Gasteiger partial charge in [0.2, 0.25) is 0 Å². The van der Waals surface area contributed by atoms with Crippen LogP contribution in [-0.2, 0) is 20.7 Å². The van der Waals surface area contributed by atoms with Crippen molar-refractivity contribution in [2.75, 3.05) is 13.2 Å². The maximum Gasteiger partial charge on any atom is 0.343 e. The molecule has 0 unspecified atom stereocenters. The molecule has 47 heavy (non-hydrogen) atoms. The van der Waals surface area contributed by atoms with E-state index in [9.17, 15) is 19.2 Å². The third kappa shape index (κ3) is 9.64. The van der Waals surface area contributed by atoms with Crippen molar-refractivity contribution in [3.8, 4) is 23.0 Å². The van der Waals surface area contributed by atoms with Gasteiger partial charge in [-0.3, -0.25) is 0 Å². The highest BCUT2D eigenvalue weighted by Crippen LogP contribution is 2.28. The van der Waals surface area contributed by atoms with E-state index >= 15 is 0 Å². The molecule has 9 heteroatoms. The molecule has 4 aromatic rings. The van der Waals surface area contributed by atoms with E-state index in [1.165, 1.54) is 0 Å². The predicted molar refractivity (Wildman–Crippen MR) is 177 cm³/mol. The Labute approximate surface area is 273 Å². The normalized spacial score (nSPS) is 10.5. The number of benzene rings is 4. The number of aryl methyl sites for hydroxylation is 1. The molecule has 0 aromatic heterocycles. The summed E-state index contributed by atoms with van der Waals surface area (Å²) in [6, 6.07) is 21.6. The van der Waals surface area contributed by atoms with Crippen LogP contribution >= 0.6 is 0 Å². The van der Waals surface area contributed by atoms with E-state index in [0.29, 0.717) is 70.3 Å². The summed E-state index contributed by atoms with van der Waals surface area (Å²) in [6.07, 6.45) is 1.87. The molecule has 0 bridgehead atoms. The van der Waals surface area contributed by atoms with Gasteiger partial charge in [0, 0.05) is 17.6 Å². The lowest BCUT2D eigenvalue weighted by atomic mass is 10.1. The van der Waals surface area contributed by atoms with Gasteiger partial charge in [0.25, 0.3) is 0 Å². The number of ether oxygens (including phenoxy) is 5.